The second kappa shape index (κ2) is 4.79. The maximum absolute atomic E-state index is 5.22. The number of hydrogen-bond acceptors (Lipinski definition) is 5. The molecule has 2 heterocycles. The largest absolute Gasteiger partial charge is 0.339 e. The van der Waals surface area contributed by atoms with E-state index in [-0.39, 0.29) is 10.2 Å². The van der Waals surface area contributed by atoms with Gasteiger partial charge in [0.25, 0.3) is 0 Å². The number of halogens is 1. The Morgan fingerprint density at radius 1 is 1.44 bits per heavy atom. The lowest BCUT2D eigenvalue weighted by molar-refractivity contribution is 0.317. The van der Waals surface area contributed by atoms with E-state index in [1.807, 2.05) is 33.9 Å². The van der Waals surface area contributed by atoms with E-state index < -0.39 is 0 Å². The van der Waals surface area contributed by atoms with Gasteiger partial charge >= 0.3 is 0 Å². The quantitative estimate of drug-likeness (QED) is 0.814. The van der Waals surface area contributed by atoms with Crippen LogP contribution in [-0.4, -0.2) is 25.1 Å². The lowest BCUT2D eigenvalue weighted by Crippen LogP contribution is -2.12. The molecule has 6 nitrogen and oxygen atoms in total. The minimum absolute atomic E-state index is 0.136. The minimum Gasteiger partial charge on any atom is -0.339 e. The zero-order chi connectivity index (χ0) is 13.3. The zero-order valence-corrected chi connectivity index (χ0v) is 12.5. The van der Waals surface area contributed by atoms with Crippen molar-refractivity contribution in [2.75, 3.05) is 0 Å². The summed E-state index contributed by atoms with van der Waals surface area (Å²) in [6, 6.07) is 0. The molecule has 1 atom stereocenters. The predicted molar refractivity (Wildman–Crippen MR) is 69.5 cm³/mol. The number of rotatable bonds is 3. The third kappa shape index (κ3) is 2.95. The van der Waals surface area contributed by atoms with Crippen molar-refractivity contribution in [1.29, 1.82) is 0 Å². The maximum Gasteiger partial charge on any atom is 0.232 e. The van der Waals surface area contributed by atoms with Gasteiger partial charge in [0.15, 0.2) is 5.82 Å². The molecule has 0 saturated heterocycles. The fourth-order valence-electron chi connectivity index (χ4n) is 1.34. The molecule has 0 N–H and O–H groups in total. The molecule has 0 fully saturated rings. The van der Waals surface area contributed by atoms with Gasteiger partial charge in [-0.2, -0.15) is 4.98 Å². The molecule has 0 spiro atoms. The van der Waals surface area contributed by atoms with E-state index in [2.05, 4.69) is 36.4 Å². The fraction of sp³-hybridized carbons (Fsp3) is 0.636. The molecule has 18 heavy (non-hydrogen) atoms. The van der Waals surface area contributed by atoms with Crippen molar-refractivity contribution >= 4 is 15.9 Å². The highest BCUT2D eigenvalue weighted by Crippen LogP contribution is 2.20. The molecule has 2 aromatic rings. The molecule has 0 saturated carbocycles. The van der Waals surface area contributed by atoms with Crippen LogP contribution in [-0.2, 0) is 12.0 Å². The lowest BCUT2D eigenvalue weighted by atomic mass is 9.97. The summed E-state index contributed by atoms with van der Waals surface area (Å²) in [5, 5.41) is 12.0. The summed E-state index contributed by atoms with van der Waals surface area (Å²) < 4.78 is 6.92. The highest BCUT2D eigenvalue weighted by atomic mass is 79.9. The first-order valence-electron chi connectivity index (χ1n) is 5.73. The smallest absolute Gasteiger partial charge is 0.232 e. The topological polar surface area (TPSA) is 69.6 Å². The molecule has 0 aliphatic carbocycles. The average molecular weight is 314 g/mol. The van der Waals surface area contributed by atoms with Gasteiger partial charge in [-0.05, 0) is 6.92 Å². The Morgan fingerprint density at radius 3 is 2.67 bits per heavy atom. The van der Waals surface area contributed by atoms with Crippen LogP contribution < -0.4 is 0 Å². The van der Waals surface area contributed by atoms with E-state index in [4.69, 9.17) is 4.52 Å². The van der Waals surface area contributed by atoms with Gasteiger partial charge in [-0.1, -0.05) is 47.1 Å². The molecule has 0 aliphatic rings. The van der Waals surface area contributed by atoms with Crippen LogP contribution in [0.25, 0.3) is 0 Å². The second-order valence-electron chi connectivity index (χ2n) is 5.22. The Balaban J connectivity index is 2.11. The molecule has 0 bridgehead atoms. The molecule has 0 amide bonds. The third-order valence-electron chi connectivity index (χ3n) is 2.38. The Morgan fingerprint density at radius 2 is 2.17 bits per heavy atom. The van der Waals surface area contributed by atoms with Crippen LogP contribution >= 0.6 is 15.9 Å². The van der Waals surface area contributed by atoms with Crippen molar-refractivity contribution in [1.82, 2.24) is 25.1 Å². The van der Waals surface area contributed by atoms with E-state index in [1.165, 1.54) is 0 Å². The molecule has 2 rings (SSSR count). The van der Waals surface area contributed by atoms with Crippen molar-refractivity contribution in [2.24, 2.45) is 0 Å². The van der Waals surface area contributed by atoms with Crippen LogP contribution in [0.5, 0.6) is 0 Å². The molecule has 0 aliphatic heterocycles. The molecule has 7 heteroatoms. The summed E-state index contributed by atoms with van der Waals surface area (Å²) >= 11 is 3.45. The minimum atomic E-state index is -0.136. The van der Waals surface area contributed by atoms with Crippen LogP contribution in [0.3, 0.4) is 0 Å². The standard InChI is InChI=1S/C11H16BrN5O/c1-7(12)8-5-17(16-14-8)6-9-13-10(18-15-9)11(2,3)4/h5,7H,6H2,1-4H3. The summed E-state index contributed by atoms with van der Waals surface area (Å²) in [5.41, 5.74) is 0.748. The van der Waals surface area contributed by atoms with Gasteiger partial charge in [-0.15, -0.1) is 5.10 Å². The Labute approximate surface area is 114 Å². The Bertz CT molecular complexity index is 526. The first-order chi connectivity index (χ1) is 8.36. The Kier molecular flexibility index (Phi) is 3.52. The van der Waals surface area contributed by atoms with Crippen molar-refractivity contribution in [2.45, 2.75) is 44.5 Å². The van der Waals surface area contributed by atoms with Crippen LogP contribution in [0.2, 0.25) is 0 Å². The summed E-state index contributed by atoms with van der Waals surface area (Å²) in [5.74, 6) is 1.24. The molecule has 2 aromatic heterocycles. The van der Waals surface area contributed by atoms with Crippen molar-refractivity contribution in [3.8, 4) is 0 Å². The zero-order valence-electron chi connectivity index (χ0n) is 10.9. The Hall–Kier alpha value is -1.24. The van der Waals surface area contributed by atoms with Crippen molar-refractivity contribution in [3.63, 3.8) is 0 Å². The summed E-state index contributed by atoms with van der Waals surface area (Å²) in [4.78, 5) is 4.53. The van der Waals surface area contributed by atoms with Gasteiger partial charge in [-0.25, -0.2) is 4.68 Å². The molecular formula is C11H16BrN5O. The van der Waals surface area contributed by atoms with Crippen LogP contribution in [0.15, 0.2) is 10.7 Å². The molecule has 98 valence electrons. The van der Waals surface area contributed by atoms with E-state index in [9.17, 15) is 0 Å². The number of nitrogens with zero attached hydrogens (tertiary/aromatic N) is 5. The van der Waals surface area contributed by atoms with Gasteiger partial charge in [0, 0.05) is 5.41 Å². The molecular weight excluding hydrogens is 298 g/mol. The van der Waals surface area contributed by atoms with Gasteiger partial charge in [-0.3, -0.25) is 0 Å². The summed E-state index contributed by atoms with van der Waals surface area (Å²) in [7, 11) is 0. The first kappa shape index (κ1) is 13.2. The highest BCUT2D eigenvalue weighted by molar-refractivity contribution is 9.09. The molecule has 0 aromatic carbocycles. The van der Waals surface area contributed by atoms with E-state index >= 15 is 0 Å². The first-order valence-corrected chi connectivity index (χ1v) is 6.65. The van der Waals surface area contributed by atoms with Crippen molar-refractivity contribution in [3.05, 3.63) is 23.6 Å². The number of alkyl halides is 1. The van der Waals surface area contributed by atoms with Crippen LogP contribution in [0, 0.1) is 0 Å². The SMILES string of the molecule is CC(Br)c1cn(Cc2noc(C(C)(C)C)n2)nn1. The lowest BCUT2D eigenvalue weighted by Gasteiger charge is -2.10. The van der Waals surface area contributed by atoms with Crippen molar-refractivity contribution < 1.29 is 4.52 Å². The predicted octanol–water partition coefficient (Wildman–Crippen LogP) is 2.46. The fourth-order valence-corrected chi connectivity index (χ4v) is 1.55. The van der Waals surface area contributed by atoms with Crippen LogP contribution in [0.1, 0.15) is 49.9 Å². The second-order valence-corrected chi connectivity index (χ2v) is 6.60. The average Bonchev–Trinajstić information content (AvgIpc) is 2.85. The molecule has 1 unspecified atom stereocenters. The van der Waals surface area contributed by atoms with Gasteiger partial charge in [0.2, 0.25) is 5.89 Å². The van der Waals surface area contributed by atoms with Crippen LogP contribution in [0.4, 0.5) is 0 Å². The molecule has 0 radical (unpaired) electrons. The van der Waals surface area contributed by atoms with E-state index in [0.29, 0.717) is 18.3 Å². The van der Waals surface area contributed by atoms with Gasteiger partial charge in [0.1, 0.15) is 6.54 Å². The van der Waals surface area contributed by atoms with Gasteiger partial charge < -0.3 is 4.52 Å². The number of hydrogen-bond donors (Lipinski definition) is 0. The number of aromatic nitrogens is 5. The third-order valence-corrected chi connectivity index (χ3v) is 2.85. The normalized spacial score (nSPS) is 13.8. The summed E-state index contributed by atoms with van der Waals surface area (Å²) in [6.07, 6.45) is 1.87. The maximum atomic E-state index is 5.22. The van der Waals surface area contributed by atoms with E-state index in [0.717, 1.165) is 5.69 Å². The highest BCUT2D eigenvalue weighted by Gasteiger charge is 2.21. The summed E-state index contributed by atoms with van der Waals surface area (Å²) in [6.45, 7) is 8.56. The van der Waals surface area contributed by atoms with E-state index in [1.54, 1.807) is 4.68 Å². The monoisotopic (exact) mass is 313 g/mol. The van der Waals surface area contributed by atoms with Gasteiger partial charge in [0.05, 0.1) is 16.7 Å².